The van der Waals surface area contributed by atoms with Crippen LogP contribution in [0.4, 0.5) is 0 Å². The first kappa shape index (κ1) is 10.2. The Hall–Kier alpha value is 0.140. The molecule has 1 aliphatic rings. The van der Waals surface area contributed by atoms with Gasteiger partial charge in [-0.15, -0.1) is 11.6 Å². The summed E-state index contributed by atoms with van der Waals surface area (Å²) in [7, 11) is 1.50. The van der Waals surface area contributed by atoms with Gasteiger partial charge in [0.1, 0.15) is 10.6 Å². The lowest BCUT2D eigenvalue weighted by Gasteiger charge is -2.28. The summed E-state index contributed by atoms with van der Waals surface area (Å²) in [6.07, 6.45) is 0.634. The van der Waals surface area contributed by atoms with Gasteiger partial charge in [0.25, 0.3) is 0 Å². The Bertz CT molecular complexity index is 240. The summed E-state index contributed by atoms with van der Waals surface area (Å²) in [5, 5.41) is 1.66. The Morgan fingerprint density at radius 3 is 2.50 bits per heavy atom. The molecule has 68 valence electrons. The van der Waals surface area contributed by atoms with E-state index in [1.165, 1.54) is 7.11 Å². The summed E-state index contributed by atoms with van der Waals surface area (Å²) in [4.78, 5) is 9.72. The lowest BCUT2D eigenvalue weighted by molar-refractivity contribution is -0.108. The fourth-order valence-electron chi connectivity index (χ4n) is 0.907. The van der Waals surface area contributed by atoms with Crippen molar-refractivity contribution in [2.24, 2.45) is 0 Å². The molecule has 0 fully saturated rings. The fourth-order valence-corrected chi connectivity index (χ4v) is 2.50. The number of methoxy groups -OCH3 is 1. The number of allylic oxidation sites excluding steroid dienone is 1. The minimum Gasteiger partial charge on any atom is -0.499 e. The van der Waals surface area contributed by atoms with Crippen molar-refractivity contribution in [3.05, 3.63) is 11.2 Å². The molecule has 12 heavy (non-hydrogen) atoms. The molecule has 1 rings (SSSR count). The van der Waals surface area contributed by atoms with Gasteiger partial charge < -0.3 is 9.53 Å². The molecule has 0 N–H and O–H groups in total. The second kappa shape index (κ2) is 3.13. The zero-order valence-electron chi connectivity index (χ0n) is 6.64. The molecule has 1 aliphatic heterocycles. The third kappa shape index (κ3) is 1.24. The first-order valence-electron chi connectivity index (χ1n) is 3.24. The Balaban J connectivity index is 3.00. The van der Waals surface area contributed by atoms with Crippen molar-refractivity contribution in [3.8, 4) is 0 Å². The van der Waals surface area contributed by atoms with Crippen molar-refractivity contribution in [1.82, 2.24) is 0 Å². The zero-order valence-corrected chi connectivity index (χ0v) is 8.96. The minimum atomic E-state index is -1.14. The molecule has 0 aromatic rings. The van der Waals surface area contributed by atoms with Gasteiger partial charge in [-0.2, -0.15) is 0 Å². The molecule has 2 unspecified atom stereocenters. The van der Waals surface area contributed by atoms with Gasteiger partial charge in [-0.25, -0.2) is 0 Å². The second-order valence-electron chi connectivity index (χ2n) is 2.57. The lowest BCUT2D eigenvalue weighted by atomic mass is 10.1. The maximum atomic E-state index is 10.7. The number of carbonyl (C=O) groups is 1. The SMILES string of the molecule is COC1=CSC(Cl)(C=O)C1(C)Cl. The summed E-state index contributed by atoms with van der Waals surface area (Å²) in [5.41, 5.74) is 0. The number of hydrogen-bond acceptors (Lipinski definition) is 3. The largest absolute Gasteiger partial charge is 0.499 e. The summed E-state index contributed by atoms with van der Waals surface area (Å²) in [6.45, 7) is 1.66. The van der Waals surface area contributed by atoms with Gasteiger partial charge in [-0.05, 0) is 6.92 Å². The van der Waals surface area contributed by atoms with E-state index in [-0.39, 0.29) is 0 Å². The predicted molar refractivity (Wildman–Crippen MR) is 51.6 cm³/mol. The molecule has 2 nitrogen and oxygen atoms in total. The van der Waals surface area contributed by atoms with Gasteiger partial charge in [0.2, 0.25) is 0 Å². The highest BCUT2D eigenvalue weighted by molar-refractivity contribution is 8.05. The van der Waals surface area contributed by atoms with Gasteiger partial charge in [0.15, 0.2) is 10.5 Å². The third-order valence-corrected chi connectivity index (χ3v) is 4.42. The van der Waals surface area contributed by atoms with Gasteiger partial charge >= 0.3 is 0 Å². The van der Waals surface area contributed by atoms with Crippen LogP contribution in [0.25, 0.3) is 0 Å². The molecule has 0 amide bonds. The highest BCUT2D eigenvalue weighted by Gasteiger charge is 2.54. The number of thioether (sulfide) groups is 1. The molecule has 1 heterocycles. The van der Waals surface area contributed by atoms with Crippen LogP contribution in [0.15, 0.2) is 11.2 Å². The quantitative estimate of drug-likeness (QED) is 0.535. The van der Waals surface area contributed by atoms with E-state index in [0.29, 0.717) is 12.0 Å². The molecule has 0 saturated carbocycles. The van der Waals surface area contributed by atoms with E-state index in [9.17, 15) is 4.79 Å². The first-order valence-corrected chi connectivity index (χ1v) is 4.88. The Labute approximate surface area is 85.2 Å². The second-order valence-corrected chi connectivity index (χ2v) is 5.26. The average Bonchev–Trinajstić information content (AvgIpc) is 2.25. The Morgan fingerprint density at radius 1 is 1.67 bits per heavy atom. The van der Waals surface area contributed by atoms with Crippen LogP contribution in [0.5, 0.6) is 0 Å². The van der Waals surface area contributed by atoms with Crippen LogP contribution < -0.4 is 0 Å². The van der Waals surface area contributed by atoms with Crippen LogP contribution in [0, 0.1) is 0 Å². The highest BCUT2D eigenvalue weighted by atomic mass is 35.5. The molecule has 0 aromatic carbocycles. The normalized spacial score (nSPS) is 40.8. The molecule has 0 bridgehead atoms. The van der Waals surface area contributed by atoms with Crippen LogP contribution in [0.2, 0.25) is 0 Å². The standard InChI is InChI=1S/C7H8Cl2O2S/c1-6(8)5(11-2)3-12-7(6,9)4-10/h3-4H,1-2H3. The maximum absolute atomic E-state index is 10.7. The lowest BCUT2D eigenvalue weighted by Crippen LogP contribution is -2.40. The van der Waals surface area contributed by atoms with Gasteiger partial charge in [-0.3, -0.25) is 0 Å². The van der Waals surface area contributed by atoms with Crippen molar-refractivity contribution in [1.29, 1.82) is 0 Å². The van der Waals surface area contributed by atoms with E-state index in [1.54, 1.807) is 12.3 Å². The van der Waals surface area contributed by atoms with Crippen molar-refractivity contribution >= 4 is 41.2 Å². The zero-order chi connectivity index (χ0) is 9.41. The van der Waals surface area contributed by atoms with E-state index in [1.807, 2.05) is 0 Å². The molecular formula is C7H8Cl2O2S. The van der Waals surface area contributed by atoms with E-state index < -0.39 is 9.08 Å². The van der Waals surface area contributed by atoms with E-state index >= 15 is 0 Å². The smallest absolute Gasteiger partial charge is 0.175 e. The first-order chi connectivity index (χ1) is 5.48. The molecule has 0 spiro atoms. The van der Waals surface area contributed by atoms with Crippen LogP contribution in [0.3, 0.4) is 0 Å². The van der Waals surface area contributed by atoms with E-state index in [0.717, 1.165) is 11.8 Å². The van der Waals surface area contributed by atoms with Crippen LogP contribution in [-0.4, -0.2) is 22.5 Å². The molecule has 5 heteroatoms. The summed E-state index contributed by atoms with van der Waals surface area (Å²) in [5.74, 6) is 0.524. The average molecular weight is 227 g/mol. The monoisotopic (exact) mass is 226 g/mol. The van der Waals surface area contributed by atoms with Crippen molar-refractivity contribution in [3.63, 3.8) is 0 Å². The summed E-state index contributed by atoms with van der Waals surface area (Å²) >= 11 is 13.2. The van der Waals surface area contributed by atoms with Gasteiger partial charge in [0.05, 0.1) is 7.11 Å². The van der Waals surface area contributed by atoms with Crippen molar-refractivity contribution < 1.29 is 9.53 Å². The molecule has 0 saturated heterocycles. The topological polar surface area (TPSA) is 26.3 Å². The Morgan fingerprint density at radius 2 is 2.25 bits per heavy atom. The summed E-state index contributed by atoms with van der Waals surface area (Å²) < 4.78 is 3.85. The van der Waals surface area contributed by atoms with Crippen LogP contribution >= 0.6 is 35.0 Å². The van der Waals surface area contributed by atoms with Crippen LogP contribution in [0.1, 0.15) is 6.92 Å². The Kier molecular flexibility index (Phi) is 2.66. The number of carbonyl (C=O) groups excluding carboxylic acids is 1. The number of ether oxygens (including phenoxy) is 1. The number of alkyl halides is 2. The molecule has 0 radical (unpaired) electrons. The van der Waals surface area contributed by atoms with Crippen molar-refractivity contribution in [2.75, 3.05) is 7.11 Å². The predicted octanol–water partition coefficient (Wildman–Crippen LogP) is 2.35. The molecule has 0 aromatic heterocycles. The number of rotatable bonds is 2. The van der Waals surface area contributed by atoms with Crippen LogP contribution in [-0.2, 0) is 9.53 Å². The van der Waals surface area contributed by atoms with Crippen molar-refractivity contribution in [2.45, 2.75) is 16.0 Å². The summed E-state index contributed by atoms with van der Waals surface area (Å²) in [6, 6.07) is 0. The van der Waals surface area contributed by atoms with E-state index in [4.69, 9.17) is 27.9 Å². The minimum absolute atomic E-state index is 0.524. The number of aldehydes is 1. The number of hydrogen-bond donors (Lipinski definition) is 0. The highest BCUT2D eigenvalue weighted by Crippen LogP contribution is 2.53. The van der Waals surface area contributed by atoms with Gasteiger partial charge in [-0.1, -0.05) is 23.4 Å². The van der Waals surface area contributed by atoms with Gasteiger partial charge in [0, 0.05) is 5.41 Å². The molecule has 2 atom stereocenters. The molecular weight excluding hydrogens is 219 g/mol. The van der Waals surface area contributed by atoms with E-state index in [2.05, 4.69) is 0 Å². The number of halogens is 2. The maximum Gasteiger partial charge on any atom is 0.175 e. The third-order valence-electron chi connectivity index (χ3n) is 1.81. The molecule has 0 aliphatic carbocycles. The fraction of sp³-hybridized carbons (Fsp3) is 0.571.